The molecular formula is C15H18F3N3O2S2. The Morgan fingerprint density at radius 3 is 2.48 bits per heavy atom. The normalized spacial score (nSPS) is 18.0. The van der Waals surface area contributed by atoms with Gasteiger partial charge in [0, 0.05) is 18.0 Å². The van der Waals surface area contributed by atoms with Crippen LogP contribution in [0.15, 0.2) is 17.0 Å². The standard InChI is InChI=1S/C15H18F3N3O2S2/c1-9-3-5-21(6-4-9)25(22,23)13-8-12(24-10(13)2)11-7-14(20-19-11)15(16,17)18/h7-9H,3-6H2,1-2H3,(H,19,20). The Balaban J connectivity index is 1.91. The molecule has 0 unspecified atom stereocenters. The number of halogens is 3. The molecule has 0 bridgehead atoms. The number of piperidine rings is 1. The van der Waals surface area contributed by atoms with Crippen molar-refractivity contribution in [2.24, 2.45) is 5.92 Å². The lowest BCUT2D eigenvalue weighted by atomic mass is 10.0. The van der Waals surface area contributed by atoms with Crippen molar-refractivity contribution in [2.75, 3.05) is 13.1 Å². The van der Waals surface area contributed by atoms with E-state index in [0.29, 0.717) is 28.8 Å². The number of hydrogen-bond acceptors (Lipinski definition) is 4. The van der Waals surface area contributed by atoms with Gasteiger partial charge in [-0.1, -0.05) is 6.92 Å². The minimum Gasteiger partial charge on any atom is -0.273 e. The van der Waals surface area contributed by atoms with Crippen LogP contribution in [0.25, 0.3) is 10.6 Å². The highest BCUT2D eigenvalue weighted by molar-refractivity contribution is 7.89. The van der Waals surface area contributed by atoms with Crippen LogP contribution in [0.1, 0.15) is 30.3 Å². The first kappa shape index (κ1) is 18.4. The van der Waals surface area contributed by atoms with Crippen molar-refractivity contribution in [1.29, 1.82) is 0 Å². The predicted octanol–water partition coefficient (Wildman–Crippen LogP) is 3.89. The van der Waals surface area contributed by atoms with E-state index in [0.717, 1.165) is 30.2 Å². The van der Waals surface area contributed by atoms with Crippen LogP contribution in [0.2, 0.25) is 0 Å². The van der Waals surface area contributed by atoms with Crippen LogP contribution in [0.3, 0.4) is 0 Å². The van der Waals surface area contributed by atoms with Gasteiger partial charge < -0.3 is 0 Å². The highest BCUT2D eigenvalue weighted by Gasteiger charge is 2.34. The van der Waals surface area contributed by atoms with Gasteiger partial charge in [0.25, 0.3) is 0 Å². The molecule has 3 heterocycles. The quantitative estimate of drug-likeness (QED) is 0.860. The first-order valence-corrected chi connectivity index (χ1v) is 10.1. The molecule has 0 amide bonds. The highest BCUT2D eigenvalue weighted by atomic mass is 32.2. The number of aryl methyl sites for hydroxylation is 1. The predicted molar refractivity (Wildman–Crippen MR) is 88.8 cm³/mol. The zero-order valence-corrected chi connectivity index (χ0v) is 15.4. The molecule has 1 fully saturated rings. The summed E-state index contributed by atoms with van der Waals surface area (Å²) in [4.78, 5) is 1.09. The summed E-state index contributed by atoms with van der Waals surface area (Å²) in [5.74, 6) is 0.496. The molecule has 0 aliphatic carbocycles. The third kappa shape index (κ3) is 3.61. The van der Waals surface area contributed by atoms with Crippen molar-refractivity contribution < 1.29 is 21.6 Å². The van der Waals surface area contributed by atoms with Crippen LogP contribution < -0.4 is 0 Å². The van der Waals surface area contributed by atoms with Gasteiger partial charge in [0.1, 0.15) is 11.4 Å². The molecule has 0 spiro atoms. The summed E-state index contributed by atoms with van der Waals surface area (Å²) in [6.07, 6.45) is -2.90. The van der Waals surface area contributed by atoms with Gasteiger partial charge in [-0.2, -0.15) is 22.6 Å². The molecule has 1 aliphatic heterocycles. The fourth-order valence-electron chi connectivity index (χ4n) is 2.81. The Morgan fingerprint density at radius 1 is 1.28 bits per heavy atom. The van der Waals surface area contributed by atoms with Gasteiger partial charge in [-0.15, -0.1) is 11.3 Å². The molecule has 25 heavy (non-hydrogen) atoms. The molecule has 0 radical (unpaired) electrons. The number of nitrogens with zero attached hydrogens (tertiary/aromatic N) is 2. The molecule has 0 saturated carbocycles. The number of sulfonamides is 1. The Kier molecular flexibility index (Phi) is 4.71. The van der Waals surface area contributed by atoms with Crippen LogP contribution in [0.5, 0.6) is 0 Å². The highest BCUT2D eigenvalue weighted by Crippen LogP contribution is 2.37. The fraction of sp³-hybridized carbons (Fsp3) is 0.533. The van der Waals surface area contributed by atoms with E-state index in [9.17, 15) is 21.6 Å². The molecule has 5 nitrogen and oxygen atoms in total. The molecule has 1 saturated heterocycles. The third-order valence-electron chi connectivity index (χ3n) is 4.37. The van der Waals surface area contributed by atoms with Crippen molar-refractivity contribution in [3.05, 3.63) is 22.7 Å². The lowest BCUT2D eigenvalue weighted by molar-refractivity contribution is -0.141. The molecule has 10 heteroatoms. The fourth-order valence-corrected chi connectivity index (χ4v) is 5.80. The molecule has 2 aromatic heterocycles. The topological polar surface area (TPSA) is 66.1 Å². The number of rotatable bonds is 3. The maximum atomic E-state index is 12.8. The maximum absolute atomic E-state index is 12.8. The van der Waals surface area contributed by atoms with Gasteiger partial charge in [-0.25, -0.2) is 8.42 Å². The first-order chi connectivity index (χ1) is 11.6. The van der Waals surface area contributed by atoms with E-state index < -0.39 is 21.9 Å². The largest absolute Gasteiger partial charge is 0.432 e. The van der Waals surface area contributed by atoms with E-state index >= 15 is 0 Å². The summed E-state index contributed by atoms with van der Waals surface area (Å²) >= 11 is 1.13. The Morgan fingerprint density at radius 2 is 1.92 bits per heavy atom. The van der Waals surface area contributed by atoms with E-state index in [-0.39, 0.29) is 10.6 Å². The van der Waals surface area contributed by atoms with Gasteiger partial charge in [0.05, 0.1) is 9.77 Å². The van der Waals surface area contributed by atoms with Crippen LogP contribution in [-0.2, 0) is 16.2 Å². The zero-order valence-electron chi connectivity index (χ0n) is 13.7. The molecule has 138 valence electrons. The van der Waals surface area contributed by atoms with E-state index in [2.05, 4.69) is 12.0 Å². The third-order valence-corrected chi connectivity index (χ3v) is 7.60. The molecule has 2 aromatic rings. The number of aromatic nitrogens is 2. The van der Waals surface area contributed by atoms with Crippen LogP contribution in [0, 0.1) is 12.8 Å². The number of aromatic amines is 1. The van der Waals surface area contributed by atoms with E-state index in [1.165, 1.54) is 10.4 Å². The van der Waals surface area contributed by atoms with E-state index in [4.69, 9.17) is 0 Å². The van der Waals surface area contributed by atoms with E-state index in [1.54, 1.807) is 6.92 Å². The minimum atomic E-state index is -4.52. The van der Waals surface area contributed by atoms with Gasteiger partial charge in [-0.3, -0.25) is 5.10 Å². The van der Waals surface area contributed by atoms with Crippen molar-refractivity contribution in [2.45, 2.75) is 37.8 Å². The summed E-state index contributed by atoms with van der Waals surface area (Å²) in [5.41, 5.74) is -0.864. The van der Waals surface area contributed by atoms with E-state index in [1.807, 2.05) is 5.10 Å². The second-order valence-corrected chi connectivity index (χ2v) is 9.44. The number of nitrogens with one attached hydrogen (secondary N) is 1. The summed E-state index contributed by atoms with van der Waals surface area (Å²) in [6, 6.07) is 2.31. The number of thiophene rings is 1. The molecule has 0 aromatic carbocycles. The number of alkyl halides is 3. The SMILES string of the molecule is Cc1sc(-c2cc(C(F)(F)F)[nH]n2)cc1S(=O)(=O)N1CCC(C)CC1. The van der Waals surface area contributed by atoms with Gasteiger partial charge in [-0.05, 0) is 37.8 Å². The average Bonchev–Trinajstić information content (AvgIpc) is 3.13. The molecule has 1 N–H and O–H groups in total. The summed E-state index contributed by atoms with van der Waals surface area (Å²) in [6.45, 7) is 4.68. The van der Waals surface area contributed by atoms with Crippen molar-refractivity contribution in [3.63, 3.8) is 0 Å². The van der Waals surface area contributed by atoms with Gasteiger partial charge in [0.15, 0.2) is 0 Å². The van der Waals surface area contributed by atoms with Gasteiger partial charge in [0.2, 0.25) is 10.0 Å². The lowest BCUT2D eigenvalue weighted by Crippen LogP contribution is -2.37. The minimum absolute atomic E-state index is 0.0918. The van der Waals surface area contributed by atoms with Crippen molar-refractivity contribution >= 4 is 21.4 Å². The average molecular weight is 393 g/mol. The van der Waals surface area contributed by atoms with Crippen molar-refractivity contribution in [3.8, 4) is 10.6 Å². The molecule has 3 rings (SSSR count). The second-order valence-electron chi connectivity index (χ2n) is 6.28. The maximum Gasteiger partial charge on any atom is 0.432 e. The molecule has 1 aliphatic rings. The zero-order chi connectivity index (χ0) is 18.4. The van der Waals surface area contributed by atoms with Crippen molar-refractivity contribution in [1.82, 2.24) is 14.5 Å². The van der Waals surface area contributed by atoms with Crippen LogP contribution >= 0.6 is 11.3 Å². The number of hydrogen-bond donors (Lipinski definition) is 1. The van der Waals surface area contributed by atoms with Crippen LogP contribution in [-0.4, -0.2) is 36.0 Å². The lowest BCUT2D eigenvalue weighted by Gasteiger charge is -2.29. The number of H-pyrrole nitrogens is 1. The summed E-state index contributed by atoms with van der Waals surface area (Å²) in [7, 11) is -3.64. The second kappa shape index (κ2) is 6.40. The molecule has 0 atom stereocenters. The van der Waals surface area contributed by atoms with Gasteiger partial charge >= 0.3 is 6.18 Å². The summed E-state index contributed by atoms with van der Waals surface area (Å²) < 4.78 is 65.2. The monoisotopic (exact) mass is 393 g/mol. The first-order valence-electron chi connectivity index (χ1n) is 7.82. The smallest absolute Gasteiger partial charge is 0.273 e. The Hall–Kier alpha value is -1.39. The molecular weight excluding hydrogens is 375 g/mol. The Labute approximate surface area is 147 Å². The Bertz CT molecular complexity index is 863. The van der Waals surface area contributed by atoms with Crippen LogP contribution in [0.4, 0.5) is 13.2 Å². The summed E-state index contributed by atoms with van der Waals surface area (Å²) in [5, 5.41) is 5.62.